The lowest BCUT2D eigenvalue weighted by molar-refractivity contribution is 0.140. The summed E-state index contributed by atoms with van der Waals surface area (Å²) in [5.41, 5.74) is 1.23. The van der Waals surface area contributed by atoms with Crippen molar-refractivity contribution in [3.8, 4) is 0 Å². The van der Waals surface area contributed by atoms with Gasteiger partial charge in [-0.1, -0.05) is 30.3 Å². The summed E-state index contributed by atoms with van der Waals surface area (Å²) in [5, 5.41) is 2.76. The Kier molecular flexibility index (Phi) is 6.08. The number of hydrogen-bond donors (Lipinski definition) is 1. The van der Waals surface area contributed by atoms with E-state index < -0.39 is 6.43 Å². The summed E-state index contributed by atoms with van der Waals surface area (Å²) in [7, 11) is 2.00. The van der Waals surface area contributed by atoms with Gasteiger partial charge >= 0.3 is 0 Å². The minimum absolute atomic E-state index is 0.231. The van der Waals surface area contributed by atoms with Gasteiger partial charge in [0.2, 0.25) is 0 Å². The second-order valence-electron chi connectivity index (χ2n) is 4.30. The van der Waals surface area contributed by atoms with Crippen molar-refractivity contribution in [3.05, 3.63) is 35.9 Å². The molecule has 0 aliphatic heterocycles. The monoisotopic (exact) mass is 242 g/mol. The minimum atomic E-state index is -2.28. The average Bonchev–Trinajstić information content (AvgIpc) is 2.29. The normalized spacial score (nSPS) is 13.3. The molecular weight excluding hydrogens is 222 g/mol. The molecule has 0 aromatic heterocycles. The van der Waals surface area contributed by atoms with E-state index in [0.29, 0.717) is 6.54 Å². The molecule has 1 unspecified atom stereocenters. The van der Waals surface area contributed by atoms with Crippen molar-refractivity contribution in [2.75, 3.05) is 20.1 Å². The topological polar surface area (TPSA) is 15.3 Å². The molecule has 1 aromatic rings. The highest BCUT2D eigenvalue weighted by Gasteiger charge is 2.10. The predicted octanol–water partition coefficient (Wildman–Crippen LogP) is 2.36. The van der Waals surface area contributed by atoms with E-state index in [2.05, 4.69) is 22.3 Å². The first-order valence-corrected chi connectivity index (χ1v) is 5.82. The lowest BCUT2D eigenvalue weighted by Gasteiger charge is -2.25. The number of likely N-dealkylation sites (N-methyl/N-ethyl adjacent to an activating group) is 1. The first kappa shape index (κ1) is 14.1. The molecule has 0 spiro atoms. The molecule has 1 atom stereocenters. The first-order valence-electron chi connectivity index (χ1n) is 5.82. The summed E-state index contributed by atoms with van der Waals surface area (Å²) >= 11 is 0. The van der Waals surface area contributed by atoms with Gasteiger partial charge in [-0.15, -0.1) is 0 Å². The molecule has 0 heterocycles. The van der Waals surface area contributed by atoms with Gasteiger partial charge in [0.15, 0.2) is 0 Å². The molecule has 0 radical (unpaired) electrons. The Balaban J connectivity index is 2.29. The Bertz CT molecular complexity index is 304. The summed E-state index contributed by atoms with van der Waals surface area (Å²) in [6, 6.07) is 10.4. The standard InChI is InChI=1S/C13H20F2N2/c1-11(8-16-9-13(14)15)17(2)10-12-6-4-3-5-7-12/h3-7,11,13,16H,8-10H2,1-2H3. The number of nitrogens with one attached hydrogen (secondary N) is 1. The van der Waals surface area contributed by atoms with Gasteiger partial charge in [-0.25, -0.2) is 8.78 Å². The van der Waals surface area contributed by atoms with Crippen LogP contribution in [0.1, 0.15) is 12.5 Å². The largest absolute Gasteiger partial charge is 0.310 e. The van der Waals surface area contributed by atoms with Crippen molar-refractivity contribution in [1.82, 2.24) is 10.2 Å². The minimum Gasteiger partial charge on any atom is -0.310 e. The van der Waals surface area contributed by atoms with Crippen molar-refractivity contribution in [2.24, 2.45) is 0 Å². The molecule has 0 saturated heterocycles. The molecule has 0 aliphatic rings. The summed E-state index contributed by atoms with van der Waals surface area (Å²) in [6.07, 6.45) is -2.28. The smallest absolute Gasteiger partial charge is 0.250 e. The fourth-order valence-corrected chi connectivity index (χ4v) is 1.58. The number of nitrogens with zero attached hydrogens (tertiary/aromatic N) is 1. The van der Waals surface area contributed by atoms with Crippen LogP contribution in [-0.2, 0) is 6.54 Å². The van der Waals surface area contributed by atoms with Crippen molar-refractivity contribution in [2.45, 2.75) is 25.9 Å². The van der Waals surface area contributed by atoms with E-state index in [4.69, 9.17) is 0 Å². The molecule has 1 N–H and O–H groups in total. The fraction of sp³-hybridized carbons (Fsp3) is 0.538. The van der Waals surface area contributed by atoms with Crippen LogP contribution in [0.4, 0.5) is 8.78 Å². The SMILES string of the molecule is CC(CNCC(F)F)N(C)Cc1ccccc1. The van der Waals surface area contributed by atoms with Crippen molar-refractivity contribution < 1.29 is 8.78 Å². The van der Waals surface area contributed by atoms with E-state index in [9.17, 15) is 8.78 Å². The molecule has 0 aliphatic carbocycles. The number of alkyl halides is 2. The van der Waals surface area contributed by atoms with Crippen molar-refractivity contribution in [1.29, 1.82) is 0 Å². The van der Waals surface area contributed by atoms with Gasteiger partial charge in [-0.3, -0.25) is 4.90 Å². The maximum Gasteiger partial charge on any atom is 0.250 e. The molecule has 0 bridgehead atoms. The van der Waals surface area contributed by atoms with Gasteiger partial charge < -0.3 is 5.32 Å². The lowest BCUT2D eigenvalue weighted by Crippen LogP contribution is -2.38. The maximum absolute atomic E-state index is 12.0. The summed E-state index contributed by atoms with van der Waals surface area (Å²) in [4.78, 5) is 2.15. The zero-order valence-corrected chi connectivity index (χ0v) is 10.4. The van der Waals surface area contributed by atoms with E-state index in [0.717, 1.165) is 6.54 Å². The van der Waals surface area contributed by atoms with Crippen LogP contribution in [0.25, 0.3) is 0 Å². The second-order valence-corrected chi connectivity index (χ2v) is 4.30. The molecule has 0 amide bonds. The molecule has 0 saturated carbocycles. The van der Waals surface area contributed by atoms with Crippen LogP contribution >= 0.6 is 0 Å². The van der Waals surface area contributed by atoms with E-state index in [1.165, 1.54) is 5.56 Å². The summed E-state index contributed by atoms with van der Waals surface area (Å²) in [5.74, 6) is 0. The van der Waals surface area contributed by atoms with E-state index in [-0.39, 0.29) is 12.6 Å². The average molecular weight is 242 g/mol. The second kappa shape index (κ2) is 7.35. The van der Waals surface area contributed by atoms with Crippen LogP contribution in [-0.4, -0.2) is 37.5 Å². The molecule has 17 heavy (non-hydrogen) atoms. The van der Waals surface area contributed by atoms with Crippen LogP contribution in [0.2, 0.25) is 0 Å². The van der Waals surface area contributed by atoms with E-state index in [1.807, 2.05) is 32.2 Å². The number of rotatable bonds is 7. The Morgan fingerprint density at radius 2 is 1.82 bits per heavy atom. The fourth-order valence-electron chi connectivity index (χ4n) is 1.58. The zero-order chi connectivity index (χ0) is 12.7. The van der Waals surface area contributed by atoms with Gasteiger partial charge in [0, 0.05) is 19.1 Å². The van der Waals surface area contributed by atoms with Crippen molar-refractivity contribution >= 4 is 0 Å². The third-order valence-corrected chi connectivity index (χ3v) is 2.77. The molecule has 2 nitrogen and oxygen atoms in total. The van der Waals surface area contributed by atoms with Crippen LogP contribution in [0.5, 0.6) is 0 Å². The Morgan fingerprint density at radius 3 is 2.41 bits per heavy atom. The van der Waals surface area contributed by atoms with E-state index >= 15 is 0 Å². The lowest BCUT2D eigenvalue weighted by atomic mass is 10.2. The maximum atomic E-state index is 12.0. The van der Waals surface area contributed by atoms with Gasteiger partial charge in [0.05, 0.1) is 6.54 Å². The van der Waals surface area contributed by atoms with Gasteiger partial charge in [-0.2, -0.15) is 0 Å². The Hall–Kier alpha value is -1.00. The van der Waals surface area contributed by atoms with Crippen LogP contribution in [0, 0.1) is 0 Å². The number of benzene rings is 1. The summed E-state index contributed by atoms with van der Waals surface area (Å²) in [6.45, 7) is 3.21. The third kappa shape index (κ3) is 5.75. The number of hydrogen-bond acceptors (Lipinski definition) is 2. The van der Waals surface area contributed by atoms with Crippen LogP contribution in [0.3, 0.4) is 0 Å². The van der Waals surface area contributed by atoms with Crippen LogP contribution < -0.4 is 5.32 Å². The molecule has 96 valence electrons. The molecule has 1 rings (SSSR count). The van der Waals surface area contributed by atoms with E-state index in [1.54, 1.807) is 0 Å². The van der Waals surface area contributed by atoms with Crippen LogP contribution in [0.15, 0.2) is 30.3 Å². The highest BCUT2D eigenvalue weighted by molar-refractivity contribution is 5.14. The quantitative estimate of drug-likeness (QED) is 0.789. The van der Waals surface area contributed by atoms with Gasteiger partial charge in [-0.05, 0) is 19.5 Å². The molecule has 4 heteroatoms. The molecule has 0 fully saturated rings. The Morgan fingerprint density at radius 1 is 1.18 bits per heavy atom. The third-order valence-electron chi connectivity index (χ3n) is 2.77. The predicted molar refractivity (Wildman–Crippen MR) is 66.2 cm³/mol. The van der Waals surface area contributed by atoms with Gasteiger partial charge in [0.1, 0.15) is 0 Å². The van der Waals surface area contributed by atoms with Gasteiger partial charge in [0.25, 0.3) is 6.43 Å². The summed E-state index contributed by atoms with van der Waals surface area (Å²) < 4.78 is 23.9. The first-order chi connectivity index (χ1) is 8.09. The zero-order valence-electron chi connectivity index (χ0n) is 10.4. The number of halogens is 2. The highest BCUT2D eigenvalue weighted by atomic mass is 19.3. The molecular formula is C13H20F2N2. The van der Waals surface area contributed by atoms with Crippen molar-refractivity contribution in [3.63, 3.8) is 0 Å². The highest BCUT2D eigenvalue weighted by Crippen LogP contribution is 2.05. The Labute approximate surface area is 102 Å². The molecule has 1 aromatic carbocycles.